The van der Waals surface area contributed by atoms with Crippen LogP contribution in [0.15, 0.2) is 60.0 Å². The van der Waals surface area contributed by atoms with Crippen molar-refractivity contribution in [1.82, 2.24) is 4.98 Å². The standard InChI is InChI=1S/C22H22N2O2S/c1-26-22(25)17-9-5-11-19(13-17)24-12-6-10-18(14-24)21-23-20(15-27-21)16-7-3-2-4-8-16/h2-5,7-9,11,13,15,18H,6,10,12,14H2,1H3. The van der Waals surface area contributed by atoms with E-state index in [0.717, 1.165) is 37.3 Å². The normalized spacial score (nSPS) is 16.9. The summed E-state index contributed by atoms with van der Waals surface area (Å²) in [6.07, 6.45) is 2.27. The zero-order valence-corrected chi connectivity index (χ0v) is 16.1. The number of rotatable bonds is 4. The van der Waals surface area contributed by atoms with Crippen LogP contribution in [0.5, 0.6) is 0 Å². The highest BCUT2D eigenvalue weighted by molar-refractivity contribution is 7.10. The number of carbonyl (C=O) groups excluding carboxylic acids is 1. The molecule has 1 aliphatic rings. The van der Waals surface area contributed by atoms with Gasteiger partial charge in [-0.15, -0.1) is 11.3 Å². The van der Waals surface area contributed by atoms with Crippen LogP contribution in [0.1, 0.15) is 34.1 Å². The SMILES string of the molecule is COC(=O)c1cccc(N2CCCC(c3nc(-c4ccccc4)cs3)C2)c1. The van der Waals surface area contributed by atoms with E-state index in [4.69, 9.17) is 9.72 Å². The number of nitrogens with zero attached hydrogens (tertiary/aromatic N) is 2. The summed E-state index contributed by atoms with van der Waals surface area (Å²) in [5, 5.41) is 3.35. The molecule has 0 radical (unpaired) electrons. The summed E-state index contributed by atoms with van der Waals surface area (Å²) in [4.78, 5) is 19.1. The average molecular weight is 378 g/mol. The van der Waals surface area contributed by atoms with Crippen LogP contribution >= 0.6 is 11.3 Å². The fourth-order valence-corrected chi connectivity index (χ4v) is 4.53. The summed E-state index contributed by atoms with van der Waals surface area (Å²) in [7, 11) is 1.42. The van der Waals surface area contributed by atoms with E-state index in [-0.39, 0.29) is 5.97 Å². The molecule has 0 bridgehead atoms. The third-order valence-corrected chi connectivity index (χ3v) is 6.00. The molecule has 2 heterocycles. The number of benzene rings is 2. The maximum absolute atomic E-state index is 11.8. The summed E-state index contributed by atoms with van der Waals surface area (Å²) >= 11 is 1.75. The van der Waals surface area contributed by atoms with Crippen molar-refractivity contribution in [3.8, 4) is 11.3 Å². The summed E-state index contributed by atoms with van der Waals surface area (Å²) < 4.78 is 4.85. The predicted molar refractivity (Wildman–Crippen MR) is 110 cm³/mol. The Morgan fingerprint density at radius 2 is 2.04 bits per heavy atom. The van der Waals surface area contributed by atoms with Gasteiger partial charge in [0, 0.05) is 35.6 Å². The maximum Gasteiger partial charge on any atom is 0.337 e. The fourth-order valence-electron chi connectivity index (χ4n) is 3.58. The number of piperidine rings is 1. The molecule has 2 aromatic carbocycles. The number of thiazole rings is 1. The molecule has 4 rings (SSSR count). The molecule has 138 valence electrons. The molecular formula is C22H22N2O2S. The minimum Gasteiger partial charge on any atom is -0.465 e. The Bertz CT molecular complexity index is 923. The molecule has 0 aliphatic carbocycles. The first-order valence-electron chi connectivity index (χ1n) is 9.19. The number of hydrogen-bond acceptors (Lipinski definition) is 5. The number of anilines is 1. The zero-order chi connectivity index (χ0) is 18.6. The van der Waals surface area contributed by atoms with Crippen LogP contribution in [-0.2, 0) is 4.74 Å². The Morgan fingerprint density at radius 1 is 1.19 bits per heavy atom. The molecule has 3 aromatic rings. The lowest BCUT2D eigenvalue weighted by molar-refractivity contribution is 0.0601. The highest BCUT2D eigenvalue weighted by Crippen LogP contribution is 2.33. The van der Waals surface area contributed by atoms with Crippen molar-refractivity contribution in [2.24, 2.45) is 0 Å². The lowest BCUT2D eigenvalue weighted by Gasteiger charge is -2.33. The first kappa shape index (κ1) is 17.7. The zero-order valence-electron chi connectivity index (χ0n) is 15.3. The minimum atomic E-state index is -0.294. The number of methoxy groups -OCH3 is 1. The molecule has 0 N–H and O–H groups in total. The van der Waals surface area contributed by atoms with Crippen LogP contribution in [0.3, 0.4) is 0 Å². The van der Waals surface area contributed by atoms with Gasteiger partial charge in [-0.25, -0.2) is 9.78 Å². The van der Waals surface area contributed by atoms with Gasteiger partial charge in [0.25, 0.3) is 0 Å². The van der Waals surface area contributed by atoms with Crippen molar-refractivity contribution >= 4 is 23.0 Å². The predicted octanol–water partition coefficient (Wildman–Crippen LogP) is 4.98. The first-order chi connectivity index (χ1) is 13.2. The van der Waals surface area contributed by atoms with Crippen LogP contribution in [0, 0.1) is 0 Å². The van der Waals surface area contributed by atoms with Crippen molar-refractivity contribution in [2.45, 2.75) is 18.8 Å². The number of aromatic nitrogens is 1. The van der Waals surface area contributed by atoms with E-state index >= 15 is 0 Å². The lowest BCUT2D eigenvalue weighted by Crippen LogP contribution is -2.34. The second-order valence-electron chi connectivity index (χ2n) is 6.76. The monoisotopic (exact) mass is 378 g/mol. The van der Waals surface area contributed by atoms with Gasteiger partial charge in [0.2, 0.25) is 0 Å². The quantitative estimate of drug-likeness (QED) is 0.601. The fraction of sp³-hybridized carbons (Fsp3) is 0.273. The summed E-state index contributed by atoms with van der Waals surface area (Å²) in [6.45, 7) is 1.92. The molecule has 1 saturated heterocycles. The number of esters is 1. The van der Waals surface area contributed by atoms with Gasteiger partial charge in [-0.05, 0) is 31.0 Å². The molecule has 27 heavy (non-hydrogen) atoms. The van der Waals surface area contributed by atoms with E-state index in [1.807, 2.05) is 30.3 Å². The highest BCUT2D eigenvalue weighted by Gasteiger charge is 2.24. The second-order valence-corrected chi connectivity index (χ2v) is 7.65. The van der Waals surface area contributed by atoms with Crippen molar-refractivity contribution < 1.29 is 9.53 Å². The van der Waals surface area contributed by atoms with Gasteiger partial charge in [0.15, 0.2) is 0 Å². The van der Waals surface area contributed by atoms with Gasteiger partial charge in [-0.3, -0.25) is 0 Å². The molecule has 1 aromatic heterocycles. The number of ether oxygens (including phenoxy) is 1. The Hall–Kier alpha value is -2.66. The van der Waals surface area contributed by atoms with Crippen LogP contribution in [0.4, 0.5) is 5.69 Å². The molecule has 1 unspecified atom stereocenters. The Kier molecular flexibility index (Phi) is 5.21. The molecule has 0 amide bonds. The van der Waals surface area contributed by atoms with Gasteiger partial charge >= 0.3 is 5.97 Å². The minimum absolute atomic E-state index is 0.294. The second kappa shape index (κ2) is 7.92. The van der Waals surface area contributed by atoms with Crippen LogP contribution in [0.2, 0.25) is 0 Å². The van der Waals surface area contributed by atoms with Gasteiger partial charge in [0.1, 0.15) is 0 Å². The van der Waals surface area contributed by atoms with Crippen molar-refractivity contribution in [3.63, 3.8) is 0 Å². The van der Waals surface area contributed by atoms with E-state index in [2.05, 4.69) is 28.5 Å². The molecule has 4 nitrogen and oxygen atoms in total. The topological polar surface area (TPSA) is 42.4 Å². The Labute approximate surface area is 163 Å². The molecule has 0 spiro atoms. The molecule has 0 saturated carbocycles. The van der Waals surface area contributed by atoms with Crippen molar-refractivity contribution in [2.75, 3.05) is 25.1 Å². The third kappa shape index (κ3) is 3.88. The molecular weight excluding hydrogens is 356 g/mol. The van der Waals surface area contributed by atoms with Gasteiger partial charge in [-0.1, -0.05) is 36.4 Å². The third-order valence-electron chi connectivity index (χ3n) is 4.99. The van der Waals surface area contributed by atoms with Crippen LogP contribution in [-0.4, -0.2) is 31.2 Å². The van der Waals surface area contributed by atoms with E-state index in [1.165, 1.54) is 17.7 Å². The average Bonchev–Trinajstić information content (AvgIpc) is 3.24. The Morgan fingerprint density at radius 3 is 2.85 bits per heavy atom. The van der Waals surface area contributed by atoms with E-state index < -0.39 is 0 Å². The summed E-state index contributed by atoms with van der Waals surface area (Å²) in [6, 6.07) is 18.0. The van der Waals surface area contributed by atoms with Gasteiger partial charge < -0.3 is 9.64 Å². The number of carbonyl (C=O) groups is 1. The van der Waals surface area contributed by atoms with E-state index in [0.29, 0.717) is 11.5 Å². The van der Waals surface area contributed by atoms with E-state index in [9.17, 15) is 4.79 Å². The van der Waals surface area contributed by atoms with Crippen LogP contribution < -0.4 is 4.90 Å². The molecule has 1 aliphatic heterocycles. The first-order valence-corrected chi connectivity index (χ1v) is 10.1. The lowest BCUT2D eigenvalue weighted by atomic mass is 9.98. The van der Waals surface area contributed by atoms with Crippen molar-refractivity contribution in [1.29, 1.82) is 0 Å². The van der Waals surface area contributed by atoms with E-state index in [1.54, 1.807) is 17.4 Å². The smallest absolute Gasteiger partial charge is 0.337 e. The largest absolute Gasteiger partial charge is 0.465 e. The maximum atomic E-state index is 11.8. The van der Waals surface area contributed by atoms with Crippen molar-refractivity contribution in [3.05, 3.63) is 70.5 Å². The summed E-state index contributed by atoms with van der Waals surface area (Å²) in [5.41, 5.74) is 3.89. The van der Waals surface area contributed by atoms with Gasteiger partial charge in [-0.2, -0.15) is 0 Å². The Balaban J connectivity index is 1.52. The molecule has 5 heteroatoms. The number of hydrogen-bond donors (Lipinski definition) is 0. The molecule has 1 atom stereocenters. The van der Waals surface area contributed by atoms with Crippen LogP contribution in [0.25, 0.3) is 11.3 Å². The van der Waals surface area contributed by atoms with Gasteiger partial charge in [0.05, 0.1) is 23.4 Å². The summed E-state index contributed by atoms with van der Waals surface area (Å²) in [5.74, 6) is 0.126. The highest BCUT2D eigenvalue weighted by atomic mass is 32.1. The molecule has 1 fully saturated rings.